The second-order valence-electron chi connectivity index (χ2n) is 4.02. The summed E-state index contributed by atoms with van der Waals surface area (Å²) < 4.78 is 0. The molecule has 3 N–H and O–H groups in total. The molecule has 0 bridgehead atoms. The first kappa shape index (κ1) is 14.6. The van der Waals surface area contributed by atoms with E-state index in [1.165, 1.54) is 24.3 Å². The van der Waals surface area contributed by atoms with Crippen molar-refractivity contribution in [3.05, 3.63) is 63.7 Å². The molecular formula is C13H11ClN4O3. The third kappa shape index (κ3) is 4.36. The molecule has 2 aromatic rings. The smallest absolute Gasteiger partial charge is 0.307 e. The highest BCUT2D eigenvalue weighted by atomic mass is 35.5. The molecule has 8 heteroatoms. The summed E-state index contributed by atoms with van der Waals surface area (Å²) in [4.78, 5) is 21.6. The van der Waals surface area contributed by atoms with Crippen LogP contribution in [-0.2, 0) is 0 Å². The molecule has 108 valence electrons. The van der Waals surface area contributed by atoms with Gasteiger partial charge in [0.05, 0.1) is 10.6 Å². The Morgan fingerprint density at radius 2 is 1.81 bits per heavy atom. The van der Waals surface area contributed by atoms with Crippen molar-refractivity contribution in [1.29, 1.82) is 0 Å². The van der Waals surface area contributed by atoms with Crippen LogP contribution >= 0.6 is 11.6 Å². The van der Waals surface area contributed by atoms with E-state index in [2.05, 4.69) is 16.2 Å². The summed E-state index contributed by atoms with van der Waals surface area (Å²) in [5.74, 6) is 0. The molecule has 0 aliphatic rings. The molecule has 0 aliphatic carbocycles. The summed E-state index contributed by atoms with van der Waals surface area (Å²) in [5.41, 5.74) is 6.12. The van der Waals surface area contributed by atoms with E-state index >= 15 is 0 Å². The monoisotopic (exact) mass is 306 g/mol. The number of nitro benzene ring substituents is 1. The number of hydrazine groups is 1. The quantitative estimate of drug-likeness (QED) is 0.596. The minimum atomic E-state index is -0.510. The number of rotatable bonds is 4. The number of nitro groups is 1. The molecule has 7 nitrogen and oxygen atoms in total. The van der Waals surface area contributed by atoms with Gasteiger partial charge in [-0.1, -0.05) is 17.7 Å². The number of carbonyl (C=O) groups is 1. The van der Waals surface area contributed by atoms with E-state index in [9.17, 15) is 14.9 Å². The predicted molar refractivity (Wildman–Crippen MR) is 80.3 cm³/mol. The minimum absolute atomic E-state index is 0.0435. The van der Waals surface area contributed by atoms with E-state index < -0.39 is 11.0 Å². The van der Waals surface area contributed by atoms with Gasteiger partial charge in [-0.25, -0.2) is 4.79 Å². The first-order chi connectivity index (χ1) is 10.0. The highest BCUT2D eigenvalue weighted by molar-refractivity contribution is 6.30. The molecule has 0 saturated carbocycles. The topological polar surface area (TPSA) is 96.3 Å². The first-order valence-electron chi connectivity index (χ1n) is 5.87. The number of amides is 2. The van der Waals surface area contributed by atoms with Crippen molar-refractivity contribution in [2.24, 2.45) is 0 Å². The van der Waals surface area contributed by atoms with E-state index in [0.29, 0.717) is 16.4 Å². The Bertz CT molecular complexity index is 661. The summed E-state index contributed by atoms with van der Waals surface area (Å²) in [6.07, 6.45) is 0. The number of nitrogens with zero attached hydrogens (tertiary/aromatic N) is 1. The van der Waals surface area contributed by atoms with Crippen LogP contribution in [0.3, 0.4) is 0 Å². The van der Waals surface area contributed by atoms with Crippen molar-refractivity contribution in [3.8, 4) is 0 Å². The number of hydrogen-bond acceptors (Lipinski definition) is 4. The molecule has 0 heterocycles. The molecule has 2 aromatic carbocycles. The highest BCUT2D eigenvalue weighted by Gasteiger charge is 2.06. The molecule has 0 aliphatic heterocycles. The van der Waals surface area contributed by atoms with Crippen LogP contribution in [0.25, 0.3) is 0 Å². The normalized spacial score (nSPS) is 9.76. The lowest BCUT2D eigenvalue weighted by Gasteiger charge is -2.10. The van der Waals surface area contributed by atoms with Crippen molar-refractivity contribution in [3.63, 3.8) is 0 Å². The molecule has 0 saturated heterocycles. The average molecular weight is 307 g/mol. The largest absolute Gasteiger partial charge is 0.337 e. The second kappa shape index (κ2) is 6.58. The maximum Gasteiger partial charge on any atom is 0.337 e. The molecule has 0 spiro atoms. The maximum atomic E-state index is 11.6. The highest BCUT2D eigenvalue weighted by Crippen LogP contribution is 2.16. The van der Waals surface area contributed by atoms with E-state index in [4.69, 9.17) is 11.6 Å². The number of benzene rings is 2. The van der Waals surface area contributed by atoms with Gasteiger partial charge in [0.25, 0.3) is 5.69 Å². The summed E-state index contributed by atoms with van der Waals surface area (Å²) in [6, 6.07) is 11.8. The van der Waals surface area contributed by atoms with Crippen molar-refractivity contribution in [2.45, 2.75) is 0 Å². The molecular weight excluding hydrogens is 296 g/mol. The fourth-order valence-electron chi connectivity index (χ4n) is 1.52. The van der Waals surface area contributed by atoms with Crippen LogP contribution in [0.1, 0.15) is 0 Å². The number of nitrogens with one attached hydrogen (secondary N) is 3. The fourth-order valence-corrected chi connectivity index (χ4v) is 1.71. The molecule has 0 aromatic heterocycles. The van der Waals surface area contributed by atoms with Crippen LogP contribution < -0.4 is 16.2 Å². The van der Waals surface area contributed by atoms with Gasteiger partial charge in [0, 0.05) is 22.8 Å². The van der Waals surface area contributed by atoms with E-state index in [0.717, 1.165) is 0 Å². The van der Waals surface area contributed by atoms with Crippen molar-refractivity contribution < 1.29 is 9.72 Å². The van der Waals surface area contributed by atoms with E-state index in [-0.39, 0.29) is 5.69 Å². The first-order valence-corrected chi connectivity index (χ1v) is 6.25. The fraction of sp³-hybridized carbons (Fsp3) is 0. The zero-order valence-corrected chi connectivity index (χ0v) is 11.4. The van der Waals surface area contributed by atoms with Gasteiger partial charge in [0.2, 0.25) is 0 Å². The Morgan fingerprint density at radius 1 is 1.10 bits per heavy atom. The van der Waals surface area contributed by atoms with Crippen LogP contribution in [0.5, 0.6) is 0 Å². The molecule has 0 atom stereocenters. The third-order valence-corrected chi connectivity index (χ3v) is 2.72. The van der Waals surface area contributed by atoms with Crippen molar-refractivity contribution >= 4 is 34.7 Å². The Balaban J connectivity index is 1.88. The molecule has 0 fully saturated rings. The Morgan fingerprint density at radius 3 is 2.43 bits per heavy atom. The molecule has 0 unspecified atom stereocenters. The SMILES string of the molecule is O=C(NNc1cccc(Cl)c1)Nc1ccc([N+](=O)[O-])cc1. The number of halogens is 1. The van der Waals surface area contributed by atoms with E-state index in [1.54, 1.807) is 24.3 Å². The summed E-state index contributed by atoms with van der Waals surface area (Å²) in [6.45, 7) is 0. The van der Waals surface area contributed by atoms with Gasteiger partial charge in [-0.05, 0) is 30.3 Å². The van der Waals surface area contributed by atoms with Gasteiger partial charge in [0.15, 0.2) is 0 Å². The third-order valence-electron chi connectivity index (χ3n) is 2.48. The number of carbonyl (C=O) groups excluding carboxylic acids is 1. The lowest BCUT2D eigenvalue weighted by atomic mass is 10.3. The van der Waals surface area contributed by atoms with Crippen LogP contribution in [0, 0.1) is 10.1 Å². The number of anilines is 2. The van der Waals surface area contributed by atoms with Crippen molar-refractivity contribution in [1.82, 2.24) is 5.43 Å². The Kier molecular flexibility index (Phi) is 4.57. The lowest BCUT2D eigenvalue weighted by molar-refractivity contribution is -0.384. The number of urea groups is 1. The van der Waals surface area contributed by atoms with Crippen LogP contribution in [0.2, 0.25) is 5.02 Å². The van der Waals surface area contributed by atoms with Gasteiger partial charge >= 0.3 is 6.03 Å². The van der Waals surface area contributed by atoms with Crippen molar-refractivity contribution in [2.75, 3.05) is 10.7 Å². The second-order valence-corrected chi connectivity index (χ2v) is 4.45. The van der Waals surface area contributed by atoms with E-state index in [1.807, 2.05) is 0 Å². The Labute approximate surface area is 125 Å². The number of non-ortho nitro benzene ring substituents is 1. The zero-order valence-electron chi connectivity index (χ0n) is 10.7. The van der Waals surface area contributed by atoms with Gasteiger partial charge in [-0.3, -0.25) is 21.0 Å². The standard InChI is InChI=1S/C13H11ClN4O3/c14-9-2-1-3-11(8-9)16-17-13(19)15-10-4-6-12(7-5-10)18(20)21/h1-8,16H,(H2,15,17,19). The number of hydrogen-bond donors (Lipinski definition) is 3. The van der Waals surface area contributed by atoms with Crippen LogP contribution in [0.4, 0.5) is 21.9 Å². The average Bonchev–Trinajstić information content (AvgIpc) is 2.46. The molecule has 2 amide bonds. The van der Waals surface area contributed by atoms with Gasteiger partial charge < -0.3 is 5.32 Å². The summed E-state index contributed by atoms with van der Waals surface area (Å²) in [5, 5.41) is 13.6. The summed E-state index contributed by atoms with van der Waals surface area (Å²) in [7, 11) is 0. The van der Waals surface area contributed by atoms with Gasteiger partial charge in [-0.15, -0.1) is 0 Å². The molecule has 2 rings (SSSR count). The van der Waals surface area contributed by atoms with Gasteiger partial charge in [0.1, 0.15) is 0 Å². The predicted octanol–water partition coefficient (Wildman–Crippen LogP) is 3.40. The lowest BCUT2D eigenvalue weighted by Crippen LogP contribution is -2.33. The minimum Gasteiger partial charge on any atom is -0.307 e. The molecule has 21 heavy (non-hydrogen) atoms. The maximum absolute atomic E-state index is 11.6. The van der Waals surface area contributed by atoms with Crippen LogP contribution in [0.15, 0.2) is 48.5 Å². The molecule has 0 radical (unpaired) electrons. The van der Waals surface area contributed by atoms with Gasteiger partial charge in [-0.2, -0.15) is 0 Å². The Hall–Kier alpha value is -2.80. The zero-order chi connectivity index (χ0) is 15.2. The summed E-state index contributed by atoms with van der Waals surface area (Å²) >= 11 is 5.81. The van der Waals surface area contributed by atoms with Crippen LogP contribution in [-0.4, -0.2) is 11.0 Å².